The summed E-state index contributed by atoms with van der Waals surface area (Å²) in [5, 5.41) is 3.93. The Morgan fingerprint density at radius 2 is 1.82 bits per heavy atom. The van der Waals surface area contributed by atoms with E-state index in [4.69, 9.17) is 11.6 Å². The Labute approximate surface area is 144 Å². The van der Waals surface area contributed by atoms with Gasteiger partial charge in [-0.3, -0.25) is 4.79 Å². The predicted molar refractivity (Wildman–Crippen MR) is 95.0 cm³/mol. The number of halogens is 2. The first kappa shape index (κ1) is 19.3. The van der Waals surface area contributed by atoms with Crippen LogP contribution in [0.15, 0.2) is 24.3 Å². The van der Waals surface area contributed by atoms with E-state index in [9.17, 15) is 4.79 Å². The van der Waals surface area contributed by atoms with Crippen LogP contribution in [0.3, 0.4) is 0 Å². The van der Waals surface area contributed by atoms with Gasteiger partial charge in [0, 0.05) is 18.1 Å². The van der Waals surface area contributed by atoms with E-state index in [0.717, 1.165) is 38.0 Å². The minimum Gasteiger partial charge on any atom is -0.342 e. The molecule has 0 aliphatic carbocycles. The molecular formula is C17H26Cl2N2O. The molecule has 1 saturated heterocycles. The van der Waals surface area contributed by atoms with E-state index < -0.39 is 5.41 Å². The van der Waals surface area contributed by atoms with Crippen molar-refractivity contribution in [1.82, 2.24) is 10.2 Å². The molecule has 0 radical (unpaired) electrons. The lowest BCUT2D eigenvalue weighted by Gasteiger charge is -2.37. The van der Waals surface area contributed by atoms with Crippen molar-refractivity contribution in [3.05, 3.63) is 34.9 Å². The molecule has 3 nitrogen and oxygen atoms in total. The van der Waals surface area contributed by atoms with Crippen molar-refractivity contribution in [2.24, 2.45) is 5.92 Å². The maximum Gasteiger partial charge on any atom is 0.232 e. The fourth-order valence-electron chi connectivity index (χ4n) is 3.01. The Bertz CT molecular complexity index is 480. The Kier molecular flexibility index (Phi) is 7.17. The van der Waals surface area contributed by atoms with Crippen LogP contribution in [0.5, 0.6) is 0 Å². The SMILES string of the molecule is CNCC1CCN(C(=O)C(C)(C)c2ccc(Cl)cc2)CC1.Cl. The van der Waals surface area contributed by atoms with Gasteiger partial charge in [0.2, 0.25) is 5.91 Å². The van der Waals surface area contributed by atoms with Gasteiger partial charge in [-0.1, -0.05) is 23.7 Å². The number of amides is 1. The van der Waals surface area contributed by atoms with Gasteiger partial charge in [-0.05, 0) is 63.9 Å². The number of carbonyl (C=O) groups excluding carboxylic acids is 1. The normalized spacial score (nSPS) is 16.3. The maximum absolute atomic E-state index is 12.8. The van der Waals surface area contributed by atoms with Crippen molar-refractivity contribution in [2.45, 2.75) is 32.1 Å². The van der Waals surface area contributed by atoms with E-state index in [2.05, 4.69) is 5.32 Å². The van der Waals surface area contributed by atoms with E-state index in [1.165, 1.54) is 0 Å². The molecule has 1 aliphatic rings. The molecule has 0 unspecified atom stereocenters. The topological polar surface area (TPSA) is 32.3 Å². The third-order valence-corrected chi connectivity index (χ3v) is 4.75. The minimum absolute atomic E-state index is 0. The number of benzene rings is 1. The Balaban J connectivity index is 0.00000242. The number of carbonyl (C=O) groups is 1. The zero-order valence-electron chi connectivity index (χ0n) is 13.6. The zero-order chi connectivity index (χ0) is 15.5. The zero-order valence-corrected chi connectivity index (χ0v) is 15.1. The molecular weight excluding hydrogens is 319 g/mol. The number of nitrogens with zero attached hydrogens (tertiary/aromatic N) is 1. The van der Waals surface area contributed by atoms with Gasteiger partial charge < -0.3 is 10.2 Å². The number of hydrogen-bond acceptors (Lipinski definition) is 2. The number of nitrogens with one attached hydrogen (secondary N) is 1. The average Bonchev–Trinajstić information content (AvgIpc) is 2.48. The van der Waals surface area contributed by atoms with Gasteiger partial charge in [0.15, 0.2) is 0 Å². The second kappa shape index (κ2) is 8.19. The van der Waals surface area contributed by atoms with Crippen LogP contribution in [0.2, 0.25) is 5.02 Å². The van der Waals surface area contributed by atoms with Crippen molar-refractivity contribution < 1.29 is 4.79 Å². The quantitative estimate of drug-likeness (QED) is 0.906. The maximum atomic E-state index is 12.8. The van der Waals surface area contributed by atoms with Gasteiger partial charge in [-0.15, -0.1) is 12.4 Å². The van der Waals surface area contributed by atoms with Crippen LogP contribution in [0.25, 0.3) is 0 Å². The molecule has 1 amide bonds. The van der Waals surface area contributed by atoms with Crippen molar-refractivity contribution in [1.29, 1.82) is 0 Å². The molecule has 2 rings (SSSR count). The molecule has 1 aromatic rings. The molecule has 1 aliphatic heterocycles. The van der Waals surface area contributed by atoms with E-state index in [0.29, 0.717) is 10.9 Å². The molecule has 5 heteroatoms. The van der Waals surface area contributed by atoms with E-state index in [-0.39, 0.29) is 18.3 Å². The molecule has 0 saturated carbocycles. The highest BCUT2D eigenvalue weighted by Crippen LogP contribution is 2.29. The first-order valence-corrected chi connectivity index (χ1v) is 8.03. The Hall–Kier alpha value is -0.770. The molecule has 0 aromatic heterocycles. The lowest BCUT2D eigenvalue weighted by Crippen LogP contribution is -2.47. The summed E-state index contributed by atoms with van der Waals surface area (Å²) in [6.07, 6.45) is 2.17. The monoisotopic (exact) mass is 344 g/mol. The van der Waals surface area contributed by atoms with Gasteiger partial charge >= 0.3 is 0 Å². The van der Waals surface area contributed by atoms with Crippen molar-refractivity contribution in [2.75, 3.05) is 26.7 Å². The summed E-state index contributed by atoms with van der Waals surface area (Å²) in [6, 6.07) is 7.61. The van der Waals surface area contributed by atoms with E-state index >= 15 is 0 Å². The molecule has 0 spiro atoms. The van der Waals surface area contributed by atoms with Gasteiger partial charge in [-0.2, -0.15) is 0 Å². The standard InChI is InChI=1S/C17H25ClN2O.ClH/c1-17(2,14-4-6-15(18)7-5-14)16(21)20-10-8-13(9-11-20)12-19-3;/h4-7,13,19H,8-12H2,1-3H3;1H. The smallest absolute Gasteiger partial charge is 0.232 e. The molecule has 124 valence electrons. The lowest BCUT2D eigenvalue weighted by molar-refractivity contribution is -0.137. The van der Waals surface area contributed by atoms with E-state index in [1.807, 2.05) is 50.1 Å². The van der Waals surface area contributed by atoms with Gasteiger partial charge in [0.25, 0.3) is 0 Å². The predicted octanol–water partition coefficient (Wildman–Crippen LogP) is 3.50. The Morgan fingerprint density at radius 1 is 1.27 bits per heavy atom. The van der Waals surface area contributed by atoms with Crippen LogP contribution in [0.4, 0.5) is 0 Å². The van der Waals surface area contributed by atoms with Crippen LogP contribution in [0, 0.1) is 5.92 Å². The summed E-state index contributed by atoms with van der Waals surface area (Å²) in [5.41, 5.74) is 0.523. The lowest BCUT2D eigenvalue weighted by atomic mass is 9.82. The second-order valence-electron chi connectivity index (χ2n) is 6.43. The van der Waals surface area contributed by atoms with Crippen LogP contribution in [-0.2, 0) is 10.2 Å². The van der Waals surface area contributed by atoms with Crippen molar-refractivity contribution in [3.8, 4) is 0 Å². The summed E-state index contributed by atoms with van der Waals surface area (Å²) < 4.78 is 0. The third kappa shape index (κ3) is 4.37. The van der Waals surface area contributed by atoms with Gasteiger partial charge in [0.05, 0.1) is 5.41 Å². The van der Waals surface area contributed by atoms with Crippen LogP contribution >= 0.6 is 24.0 Å². The highest BCUT2D eigenvalue weighted by Gasteiger charge is 2.35. The van der Waals surface area contributed by atoms with Crippen molar-refractivity contribution >= 4 is 29.9 Å². The summed E-state index contributed by atoms with van der Waals surface area (Å²) in [6.45, 7) is 6.77. The number of piperidine rings is 1. The highest BCUT2D eigenvalue weighted by molar-refractivity contribution is 6.30. The average molecular weight is 345 g/mol. The molecule has 1 heterocycles. The van der Waals surface area contributed by atoms with E-state index in [1.54, 1.807) is 0 Å². The molecule has 1 fully saturated rings. The van der Waals surface area contributed by atoms with Crippen LogP contribution < -0.4 is 5.32 Å². The summed E-state index contributed by atoms with van der Waals surface area (Å²) in [5.74, 6) is 0.908. The third-order valence-electron chi connectivity index (χ3n) is 4.50. The second-order valence-corrected chi connectivity index (χ2v) is 6.86. The highest BCUT2D eigenvalue weighted by atomic mass is 35.5. The number of rotatable bonds is 4. The molecule has 1 aromatic carbocycles. The number of likely N-dealkylation sites (tertiary alicyclic amines) is 1. The molecule has 0 bridgehead atoms. The summed E-state index contributed by atoms with van der Waals surface area (Å²) >= 11 is 5.93. The molecule has 22 heavy (non-hydrogen) atoms. The largest absolute Gasteiger partial charge is 0.342 e. The minimum atomic E-state index is -0.500. The fraction of sp³-hybridized carbons (Fsp3) is 0.588. The number of hydrogen-bond donors (Lipinski definition) is 1. The van der Waals surface area contributed by atoms with Crippen LogP contribution in [-0.4, -0.2) is 37.5 Å². The first-order chi connectivity index (χ1) is 9.95. The first-order valence-electron chi connectivity index (χ1n) is 7.65. The van der Waals surface area contributed by atoms with Crippen LogP contribution in [0.1, 0.15) is 32.3 Å². The molecule has 0 atom stereocenters. The Morgan fingerprint density at radius 3 is 2.32 bits per heavy atom. The summed E-state index contributed by atoms with van der Waals surface area (Å²) in [4.78, 5) is 14.9. The summed E-state index contributed by atoms with van der Waals surface area (Å²) in [7, 11) is 1.99. The van der Waals surface area contributed by atoms with Crippen molar-refractivity contribution in [3.63, 3.8) is 0 Å². The van der Waals surface area contributed by atoms with Gasteiger partial charge in [0.1, 0.15) is 0 Å². The van der Waals surface area contributed by atoms with Gasteiger partial charge in [-0.25, -0.2) is 0 Å². The molecule has 1 N–H and O–H groups in total. The fourth-order valence-corrected chi connectivity index (χ4v) is 3.14.